The highest BCUT2D eigenvalue weighted by Gasteiger charge is 2.31. The number of hydrogen-bond donors (Lipinski definition) is 2. The number of aliphatic carboxylic acids is 1. The van der Waals surface area contributed by atoms with Gasteiger partial charge < -0.3 is 15.2 Å². The van der Waals surface area contributed by atoms with Crippen LogP contribution < -0.4 is 10.1 Å². The summed E-state index contributed by atoms with van der Waals surface area (Å²) in [7, 11) is 0. The number of carboxylic acid groups (broad SMARTS) is 1. The summed E-state index contributed by atoms with van der Waals surface area (Å²) in [4.78, 5) is 23.4. The van der Waals surface area contributed by atoms with Gasteiger partial charge in [0, 0.05) is 6.04 Å². The minimum absolute atomic E-state index is 0.0647. The Hall–Kier alpha value is -2.04. The van der Waals surface area contributed by atoms with Gasteiger partial charge in [0.25, 0.3) is 5.91 Å². The van der Waals surface area contributed by atoms with E-state index in [2.05, 4.69) is 5.32 Å². The van der Waals surface area contributed by atoms with Gasteiger partial charge in [-0.2, -0.15) is 0 Å². The van der Waals surface area contributed by atoms with Crippen LogP contribution in [0.3, 0.4) is 0 Å². The monoisotopic (exact) mass is 303 g/mol. The van der Waals surface area contributed by atoms with Crippen molar-refractivity contribution in [2.24, 2.45) is 11.8 Å². The van der Waals surface area contributed by atoms with Gasteiger partial charge in [-0.25, -0.2) is 0 Å². The number of carboxylic acids is 1. The minimum atomic E-state index is -0.773. The van der Waals surface area contributed by atoms with Crippen LogP contribution in [0.2, 0.25) is 0 Å². The van der Waals surface area contributed by atoms with Crippen molar-refractivity contribution in [1.29, 1.82) is 0 Å². The maximum atomic E-state index is 12.4. The zero-order valence-corrected chi connectivity index (χ0v) is 12.5. The second-order valence-corrected chi connectivity index (χ2v) is 6.27. The number of benzene rings is 1. The van der Waals surface area contributed by atoms with Crippen molar-refractivity contribution in [2.45, 2.75) is 38.1 Å². The summed E-state index contributed by atoms with van der Waals surface area (Å²) in [5, 5.41) is 12.0. The zero-order chi connectivity index (χ0) is 15.5. The minimum Gasteiger partial charge on any atom is -0.492 e. The standard InChI is InChI=1S/C17H21NO4/c19-16(18-13-8-7-12(9-13)17(20)21)14-3-1-2-4-15(14)22-10-11-5-6-11/h1-4,11-13H,5-10H2,(H,18,19)(H,20,21)/t12-,13+/m0/s1. The van der Waals surface area contributed by atoms with Crippen LogP contribution in [0.1, 0.15) is 42.5 Å². The van der Waals surface area contributed by atoms with Crippen LogP contribution in [0.25, 0.3) is 0 Å². The molecule has 2 aliphatic rings. The molecule has 0 spiro atoms. The van der Waals surface area contributed by atoms with E-state index in [9.17, 15) is 9.59 Å². The van der Waals surface area contributed by atoms with Crippen LogP contribution in [0.4, 0.5) is 0 Å². The fraction of sp³-hybridized carbons (Fsp3) is 0.529. The summed E-state index contributed by atoms with van der Waals surface area (Å²) >= 11 is 0. The Morgan fingerprint density at radius 2 is 1.95 bits per heavy atom. The van der Waals surface area contributed by atoms with E-state index < -0.39 is 5.97 Å². The second kappa shape index (κ2) is 6.38. The number of hydrogen-bond acceptors (Lipinski definition) is 3. The average molecular weight is 303 g/mol. The molecule has 5 heteroatoms. The smallest absolute Gasteiger partial charge is 0.306 e. The molecule has 0 heterocycles. The molecule has 2 fully saturated rings. The highest BCUT2D eigenvalue weighted by Crippen LogP contribution is 2.31. The topological polar surface area (TPSA) is 75.6 Å². The van der Waals surface area contributed by atoms with Crippen LogP contribution in [-0.2, 0) is 4.79 Å². The lowest BCUT2D eigenvalue weighted by Gasteiger charge is -2.15. The van der Waals surface area contributed by atoms with E-state index in [0.717, 1.165) is 0 Å². The van der Waals surface area contributed by atoms with E-state index >= 15 is 0 Å². The predicted octanol–water partition coefficient (Wildman–Crippen LogP) is 2.46. The summed E-state index contributed by atoms with van der Waals surface area (Å²) in [6, 6.07) is 7.17. The van der Waals surface area contributed by atoms with Crippen LogP contribution >= 0.6 is 0 Å². The number of nitrogens with one attached hydrogen (secondary N) is 1. The Kier molecular flexibility index (Phi) is 4.32. The van der Waals surface area contributed by atoms with Gasteiger partial charge in [0.15, 0.2) is 0 Å². The van der Waals surface area contributed by atoms with Gasteiger partial charge in [-0.1, -0.05) is 12.1 Å². The number of para-hydroxylation sites is 1. The number of carbonyl (C=O) groups excluding carboxylic acids is 1. The molecule has 0 saturated heterocycles. The maximum Gasteiger partial charge on any atom is 0.306 e. The first-order valence-corrected chi connectivity index (χ1v) is 7.89. The fourth-order valence-corrected chi connectivity index (χ4v) is 2.87. The normalized spacial score (nSPS) is 24.0. The van der Waals surface area contributed by atoms with Crippen LogP contribution in [0.5, 0.6) is 5.75 Å². The van der Waals surface area contributed by atoms with Crippen molar-refractivity contribution in [2.75, 3.05) is 6.61 Å². The van der Waals surface area contributed by atoms with Gasteiger partial charge in [-0.15, -0.1) is 0 Å². The van der Waals surface area contributed by atoms with Gasteiger partial charge >= 0.3 is 5.97 Å². The van der Waals surface area contributed by atoms with Crippen molar-refractivity contribution in [1.82, 2.24) is 5.32 Å². The molecule has 0 aliphatic heterocycles. The molecule has 0 aromatic heterocycles. The molecule has 2 atom stereocenters. The first-order valence-electron chi connectivity index (χ1n) is 7.89. The van der Waals surface area contributed by atoms with Crippen molar-refractivity contribution in [3.8, 4) is 5.75 Å². The van der Waals surface area contributed by atoms with Gasteiger partial charge in [0.1, 0.15) is 5.75 Å². The van der Waals surface area contributed by atoms with Crippen molar-refractivity contribution in [3.05, 3.63) is 29.8 Å². The van der Waals surface area contributed by atoms with Crippen LogP contribution in [0, 0.1) is 11.8 Å². The van der Waals surface area contributed by atoms with Gasteiger partial charge in [-0.05, 0) is 50.2 Å². The summed E-state index contributed by atoms with van der Waals surface area (Å²) in [6.07, 6.45) is 4.25. The third-order valence-electron chi connectivity index (χ3n) is 4.42. The molecule has 0 bridgehead atoms. The average Bonchev–Trinajstić information content (AvgIpc) is 3.22. The third kappa shape index (κ3) is 3.59. The number of carbonyl (C=O) groups is 2. The second-order valence-electron chi connectivity index (χ2n) is 6.27. The van der Waals surface area contributed by atoms with E-state index in [0.29, 0.717) is 43.1 Å². The molecule has 0 radical (unpaired) electrons. The summed E-state index contributed by atoms with van der Waals surface area (Å²) in [5.74, 6) is -0.0547. The quantitative estimate of drug-likeness (QED) is 0.846. The van der Waals surface area contributed by atoms with E-state index in [-0.39, 0.29) is 17.9 Å². The highest BCUT2D eigenvalue weighted by atomic mass is 16.5. The molecule has 1 amide bonds. The predicted molar refractivity (Wildman–Crippen MR) is 80.9 cm³/mol. The van der Waals surface area contributed by atoms with Gasteiger partial charge in [-0.3, -0.25) is 9.59 Å². The SMILES string of the molecule is O=C(N[C@@H]1CC[C@H](C(=O)O)C1)c1ccccc1OCC1CC1. The first kappa shape index (κ1) is 14.9. The lowest BCUT2D eigenvalue weighted by molar-refractivity contribution is -0.141. The van der Waals surface area contributed by atoms with Crippen molar-refractivity contribution in [3.63, 3.8) is 0 Å². The van der Waals surface area contributed by atoms with E-state index in [1.165, 1.54) is 12.8 Å². The fourth-order valence-electron chi connectivity index (χ4n) is 2.87. The van der Waals surface area contributed by atoms with E-state index in [1.807, 2.05) is 18.2 Å². The van der Waals surface area contributed by atoms with Gasteiger partial charge in [0.2, 0.25) is 0 Å². The van der Waals surface area contributed by atoms with E-state index in [4.69, 9.17) is 9.84 Å². The molecule has 1 aromatic carbocycles. The van der Waals surface area contributed by atoms with Crippen molar-refractivity contribution < 1.29 is 19.4 Å². The Labute approximate surface area is 129 Å². The molecule has 2 aliphatic carbocycles. The zero-order valence-electron chi connectivity index (χ0n) is 12.5. The Bertz CT molecular complexity index is 568. The highest BCUT2D eigenvalue weighted by molar-refractivity contribution is 5.97. The lowest BCUT2D eigenvalue weighted by Crippen LogP contribution is -2.33. The largest absolute Gasteiger partial charge is 0.492 e. The Morgan fingerprint density at radius 1 is 1.18 bits per heavy atom. The molecule has 2 N–H and O–H groups in total. The van der Waals surface area contributed by atoms with Gasteiger partial charge in [0.05, 0.1) is 18.1 Å². The van der Waals surface area contributed by atoms with Crippen molar-refractivity contribution >= 4 is 11.9 Å². The molecule has 5 nitrogen and oxygen atoms in total. The van der Waals surface area contributed by atoms with Crippen LogP contribution in [-0.4, -0.2) is 29.6 Å². The molecule has 118 valence electrons. The van der Waals surface area contributed by atoms with E-state index in [1.54, 1.807) is 6.07 Å². The third-order valence-corrected chi connectivity index (χ3v) is 4.42. The first-order chi connectivity index (χ1) is 10.6. The lowest BCUT2D eigenvalue weighted by atomic mass is 10.1. The summed E-state index contributed by atoms with van der Waals surface area (Å²) < 4.78 is 5.75. The molecular weight excluding hydrogens is 282 g/mol. The molecular formula is C17H21NO4. The summed E-state index contributed by atoms with van der Waals surface area (Å²) in [6.45, 7) is 0.662. The molecule has 3 rings (SSSR count). The molecule has 22 heavy (non-hydrogen) atoms. The molecule has 2 saturated carbocycles. The maximum absolute atomic E-state index is 12.4. The number of rotatable bonds is 6. The Morgan fingerprint density at radius 3 is 2.64 bits per heavy atom. The number of ether oxygens (including phenoxy) is 1. The molecule has 0 unspecified atom stereocenters. The Balaban J connectivity index is 1.60. The number of amides is 1. The summed E-state index contributed by atoms with van der Waals surface area (Å²) in [5.41, 5.74) is 0.530. The van der Waals surface area contributed by atoms with Crippen LogP contribution in [0.15, 0.2) is 24.3 Å². The molecule has 1 aromatic rings.